The molecule has 1 aromatic rings. The van der Waals surface area contributed by atoms with E-state index in [-0.39, 0.29) is 12.4 Å². The van der Waals surface area contributed by atoms with Gasteiger partial charge < -0.3 is 5.11 Å². The van der Waals surface area contributed by atoms with Crippen LogP contribution in [0.1, 0.15) is 5.56 Å². The van der Waals surface area contributed by atoms with Crippen molar-refractivity contribution in [2.75, 3.05) is 0 Å². The van der Waals surface area contributed by atoms with E-state index < -0.39 is 0 Å². The molecule has 0 atom stereocenters. The van der Waals surface area contributed by atoms with Crippen molar-refractivity contribution in [2.24, 2.45) is 0 Å². The Morgan fingerprint density at radius 1 is 1.55 bits per heavy atom. The zero-order valence-electron chi connectivity index (χ0n) is 5.44. The molecule has 4 heteroatoms. The third-order valence-electron chi connectivity index (χ3n) is 1.24. The maximum absolute atomic E-state index is 12.6. The van der Waals surface area contributed by atoms with Crippen LogP contribution in [0.5, 0.6) is 0 Å². The van der Waals surface area contributed by atoms with Crippen molar-refractivity contribution in [3.63, 3.8) is 0 Å². The molecule has 1 nitrogen and oxygen atoms in total. The van der Waals surface area contributed by atoms with E-state index in [1.807, 2.05) is 22.6 Å². The van der Waals surface area contributed by atoms with Crippen LogP contribution in [0.2, 0.25) is 5.02 Å². The van der Waals surface area contributed by atoms with Gasteiger partial charge in [-0.15, -0.1) is 0 Å². The number of hydrogen-bond donors (Lipinski definition) is 1. The molecule has 1 aromatic carbocycles. The van der Waals surface area contributed by atoms with Crippen molar-refractivity contribution in [1.29, 1.82) is 0 Å². The van der Waals surface area contributed by atoms with Gasteiger partial charge in [-0.2, -0.15) is 0 Å². The predicted molar refractivity (Wildman–Crippen MR) is 50.0 cm³/mol. The lowest BCUT2D eigenvalue weighted by atomic mass is 10.2. The highest BCUT2D eigenvalue weighted by Gasteiger charge is 2.05. The SMILES string of the molecule is OCc1cc(F)cc(I)c1Cl. The molecule has 0 radical (unpaired) electrons. The molecule has 0 bridgehead atoms. The molecule has 1 N–H and O–H groups in total. The molecule has 0 unspecified atom stereocenters. The van der Waals surface area contributed by atoms with E-state index in [1.54, 1.807) is 0 Å². The van der Waals surface area contributed by atoms with E-state index in [0.717, 1.165) is 0 Å². The number of rotatable bonds is 1. The zero-order valence-corrected chi connectivity index (χ0v) is 8.36. The molecule has 0 amide bonds. The molecule has 1 rings (SSSR count). The average Bonchev–Trinajstić information content (AvgIpc) is 1.96. The number of aliphatic hydroxyl groups is 1. The maximum Gasteiger partial charge on any atom is 0.124 e. The van der Waals surface area contributed by atoms with Gasteiger partial charge in [0.2, 0.25) is 0 Å². The highest BCUT2D eigenvalue weighted by molar-refractivity contribution is 14.1. The first kappa shape index (κ1) is 9.22. The normalized spacial score (nSPS) is 10.2. The van der Waals surface area contributed by atoms with Gasteiger partial charge in [-0.05, 0) is 34.7 Å². The van der Waals surface area contributed by atoms with Crippen LogP contribution in [-0.4, -0.2) is 5.11 Å². The first-order valence-corrected chi connectivity index (χ1v) is 4.35. The van der Waals surface area contributed by atoms with Crippen molar-refractivity contribution < 1.29 is 9.50 Å². The highest BCUT2D eigenvalue weighted by Crippen LogP contribution is 2.24. The van der Waals surface area contributed by atoms with Gasteiger partial charge in [-0.3, -0.25) is 0 Å². The fourth-order valence-electron chi connectivity index (χ4n) is 0.724. The Labute approximate surface area is 82.3 Å². The summed E-state index contributed by atoms with van der Waals surface area (Å²) in [6, 6.07) is 2.55. The van der Waals surface area contributed by atoms with Crippen LogP contribution in [0, 0.1) is 9.39 Å². The Bertz CT molecular complexity index is 277. The Balaban J connectivity index is 3.24. The fourth-order valence-corrected chi connectivity index (χ4v) is 1.54. The fraction of sp³-hybridized carbons (Fsp3) is 0.143. The summed E-state index contributed by atoms with van der Waals surface area (Å²) < 4.78 is 13.2. The topological polar surface area (TPSA) is 20.2 Å². The Morgan fingerprint density at radius 3 is 2.73 bits per heavy atom. The van der Waals surface area contributed by atoms with E-state index in [1.165, 1.54) is 12.1 Å². The van der Waals surface area contributed by atoms with Crippen molar-refractivity contribution in [3.05, 3.63) is 32.1 Å². The average molecular weight is 286 g/mol. The molecular formula is C7H5ClFIO. The van der Waals surface area contributed by atoms with Crippen LogP contribution >= 0.6 is 34.2 Å². The van der Waals surface area contributed by atoms with E-state index >= 15 is 0 Å². The molecule has 0 saturated heterocycles. The third kappa shape index (κ3) is 2.04. The molecule has 0 heterocycles. The second kappa shape index (κ2) is 3.69. The van der Waals surface area contributed by atoms with Crippen LogP contribution < -0.4 is 0 Å². The summed E-state index contributed by atoms with van der Waals surface area (Å²) in [5.74, 6) is -0.372. The first-order chi connectivity index (χ1) is 5.15. The lowest BCUT2D eigenvalue weighted by molar-refractivity contribution is 0.281. The quantitative estimate of drug-likeness (QED) is 0.621. The van der Waals surface area contributed by atoms with E-state index in [2.05, 4.69) is 0 Å². The van der Waals surface area contributed by atoms with Gasteiger partial charge in [0.25, 0.3) is 0 Å². The van der Waals surface area contributed by atoms with Crippen LogP contribution in [-0.2, 0) is 6.61 Å². The van der Waals surface area contributed by atoms with Crippen molar-refractivity contribution >= 4 is 34.2 Å². The van der Waals surface area contributed by atoms with Crippen LogP contribution in [0.15, 0.2) is 12.1 Å². The standard InChI is InChI=1S/C7H5ClFIO/c8-7-4(3-11)1-5(9)2-6(7)10/h1-2,11H,3H2. The Hall–Kier alpha value is 0.130. The second-order valence-corrected chi connectivity index (χ2v) is 3.56. The number of benzene rings is 1. The van der Waals surface area contributed by atoms with Gasteiger partial charge in [0.15, 0.2) is 0 Å². The summed E-state index contributed by atoms with van der Waals surface area (Å²) in [6.07, 6.45) is 0. The molecule has 11 heavy (non-hydrogen) atoms. The monoisotopic (exact) mass is 286 g/mol. The minimum absolute atomic E-state index is 0.230. The minimum Gasteiger partial charge on any atom is -0.392 e. The molecule has 0 aromatic heterocycles. The smallest absolute Gasteiger partial charge is 0.124 e. The largest absolute Gasteiger partial charge is 0.392 e. The van der Waals surface area contributed by atoms with Crippen molar-refractivity contribution in [3.8, 4) is 0 Å². The van der Waals surface area contributed by atoms with Crippen LogP contribution in [0.25, 0.3) is 0 Å². The number of aliphatic hydroxyl groups excluding tert-OH is 1. The molecule has 0 aliphatic rings. The number of halogens is 3. The maximum atomic E-state index is 12.6. The van der Waals surface area contributed by atoms with E-state index in [4.69, 9.17) is 16.7 Å². The Morgan fingerprint density at radius 2 is 2.18 bits per heavy atom. The van der Waals surface area contributed by atoms with Gasteiger partial charge in [-0.25, -0.2) is 4.39 Å². The molecule has 0 spiro atoms. The van der Waals surface area contributed by atoms with E-state index in [0.29, 0.717) is 14.2 Å². The van der Waals surface area contributed by atoms with Gasteiger partial charge in [0.05, 0.1) is 11.6 Å². The van der Waals surface area contributed by atoms with Gasteiger partial charge in [0.1, 0.15) is 5.82 Å². The van der Waals surface area contributed by atoms with E-state index in [9.17, 15) is 4.39 Å². The second-order valence-electron chi connectivity index (χ2n) is 2.02. The molecule has 60 valence electrons. The lowest BCUT2D eigenvalue weighted by Gasteiger charge is -2.01. The molecule has 0 fully saturated rings. The summed E-state index contributed by atoms with van der Waals surface area (Å²) in [5.41, 5.74) is 0.427. The third-order valence-corrected chi connectivity index (χ3v) is 2.85. The molecule has 0 aliphatic carbocycles. The zero-order chi connectivity index (χ0) is 8.43. The van der Waals surface area contributed by atoms with Crippen molar-refractivity contribution in [1.82, 2.24) is 0 Å². The first-order valence-electron chi connectivity index (χ1n) is 2.89. The van der Waals surface area contributed by atoms with Crippen LogP contribution in [0.4, 0.5) is 4.39 Å². The highest BCUT2D eigenvalue weighted by atomic mass is 127. The Kier molecular flexibility index (Phi) is 3.09. The van der Waals surface area contributed by atoms with Gasteiger partial charge in [-0.1, -0.05) is 11.6 Å². The summed E-state index contributed by atoms with van der Waals surface area (Å²) in [5, 5.41) is 9.14. The van der Waals surface area contributed by atoms with Gasteiger partial charge >= 0.3 is 0 Å². The summed E-state index contributed by atoms with van der Waals surface area (Å²) in [4.78, 5) is 0. The molecule has 0 aliphatic heterocycles. The van der Waals surface area contributed by atoms with Gasteiger partial charge in [0, 0.05) is 9.13 Å². The predicted octanol–water partition coefficient (Wildman–Crippen LogP) is 2.58. The minimum atomic E-state index is -0.372. The van der Waals surface area contributed by atoms with Crippen LogP contribution in [0.3, 0.4) is 0 Å². The number of hydrogen-bond acceptors (Lipinski definition) is 1. The molecule has 0 saturated carbocycles. The summed E-state index contributed by atoms with van der Waals surface area (Å²) in [7, 11) is 0. The van der Waals surface area contributed by atoms with Crippen molar-refractivity contribution in [2.45, 2.75) is 6.61 Å². The molecular weight excluding hydrogens is 281 g/mol. The summed E-state index contributed by atoms with van der Waals surface area (Å²) >= 11 is 7.65. The lowest BCUT2D eigenvalue weighted by Crippen LogP contribution is -1.89. The summed E-state index contributed by atoms with van der Waals surface area (Å²) in [6.45, 7) is -0.230.